The smallest absolute Gasteiger partial charge is 0.242 e. The van der Waals surface area contributed by atoms with Crippen LogP contribution in [-0.4, -0.2) is 38.8 Å². The predicted molar refractivity (Wildman–Crippen MR) is 81.6 cm³/mol. The molecule has 1 rings (SSSR count). The summed E-state index contributed by atoms with van der Waals surface area (Å²) in [4.78, 5) is 11.7. The number of sulfonamides is 1. The molecule has 1 amide bonds. The SMILES string of the molecule is Cc1ccc(NC(=O)[C@@H](C)N)cc1S(=O)(=O)N(C)C.Cl. The molecule has 114 valence electrons. The van der Waals surface area contributed by atoms with E-state index in [-0.39, 0.29) is 23.2 Å². The average Bonchev–Trinajstić information content (AvgIpc) is 2.30. The first kappa shape index (κ1) is 18.9. The summed E-state index contributed by atoms with van der Waals surface area (Å²) in [6, 6.07) is 4.07. The molecule has 3 N–H and O–H groups in total. The summed E-state index contributed by atoms with van der Waals surface area (Å²) in [7, 11) is -0.615. The van der Waals surface area contributed by atoms with Gasteiger partial charge in [0.15, 0.2) is 0 Å². The molecule has 0 radical (unpaired) electrons. The highest BCUT2D eigenvalue weighted by atomic mass is 35.5. The molecule has 0 heterocycles. The van der Waals surface area contributed by atoms with E-state index in [1.54, 1.807) is 26.0 Å². The molecule has 1 aromatic carbocycles. The number of benzene rings is 1. The second-order valence-electron chi connectivity index (χ2n) is 4.55. The highest BCUT2D eigenvalue weighted by molar-refractivity contribution is 7.89. The Hall–Kier alpha value is -1.15. The van der Waals surface area contributed by atoms with Gasteiger partial charge in [-0.2, -0.15) is 0 Å². The van der Waals surface area contributed by atoms with Crippen LogP contribution < -0.4 is 11.1 Å². The third-order valence-corrected chi connectivity index (χ3v) is 4.58. The van der Waals surface area contributed by atoms with Crippen LogP contribution in [0, 0.1) is 6.92 Å². The Morgan fingerprint density at radius 3 is 2.35 bits per heavy atom. The lowest BCUT2D eigenvalue weighted by Gasteiger charge is -2.15. The minimum Gasteiger partial charge on any atom is -0.325 e. The number of nitrogens with one attached hydrogen (secondary N) is 1. The van der Waals surface area contributed by atoms with Gasteiger partial charge in [0.25, 0.3) is 0 Å². The first-order chi connectivity index (χ1) is 8.66. The number of amides is 1. The quantitative estimate of drug-likeness (QED) is 0.863. The van der Waals surface area contributed by atoms with Crippen molar-refractivity contribution in [1.82, 2.24) is 4.31 Å². The third kappa shape index (κ3) is 4.17. The topological polar surface area (TPSA) is 92.5 Å². The van der Waals surface area contributed by atoms with E-state index < -0.39 is 16.1 Å². The Labute approximate surface area is 125 Å². The molecular weight excluding hydrogens is 302 g/mol. The molecule has 0 fully saturated rings. The van der Waals surface area contributed by atoms with E-state index in [0.29, 0.717) is 11.3 Å². The summed E-state index contributed by atoms with van der Waals surface area (Å²) in [6.07, 6.45) is 0. The molecule has 8 heteroatoms. The first-order valence-corrected chi connectivity index (χ1v) is 7.20. The monoisotopic (exact) mass is 321 g/mol. The molecule has 0 aliphatic heterocycles. The van der Waals surface area contributed by atoms with Crippen LogP contribution in [0.25, 0.3) is 0 Å². The van der Waals surface area contributed by atoms with Crippen LogP contribution in [0.5, 0.6) is 0 Å². The van der Waals surface area contributed by atoms with Crippen LogP contribution in [0.1, 0.15) is 12.5 Å². The second-order valence-corrected chi connectivity index (χ2v) is 6.67. The maximum absolute atomic E-state index is 12.1. The minimum atomic E-state index is -3.54. The number of nitrogens with two attached hydrogens (primary N) is 1. The van der Waals surface area contributed by atoms with Gasteiger partial charge < -0.3 is 11.1 Å². The van der Waals surface area contributed by atoms with Gasteiger partial charge in [0.2, 0.25) is 15.9 Å². The number of rotatable bonds is 4. The highest BCUT2D eigenvalue weighted by Gasteiger charge is 2.20. The van der Waals surface area contributed by atoms with E-state index in [9.17, 15) is 13.2 Å². The highest BCUT2D eigenvalue weighted by Crippen LogP contribution is 2.22. The van der Waals surface area contributed by atoms with Crippen LogP contribution in [0.15, 0.2) is 23.1 Å². The van der Waals surface area contributed by atoms with Crippen molar-refractivity contribution in [1.29, 1.82) is 0 Å². The van der Waals surface area contributed by atoms with Crippen LogP contribution in [0.2, 0.25) is 0 Å². The molecule has 0 spiro atoms. The predicted octanol–water partition coefficient (Wildman–Crippen LogP) is 0.953. The van der Waals surface area contributed by atoms with Crippen molar-refractivity contribution >= 4 is 34.0 Å². The number of carbonyl (C=O) groups is 1. The number of hydrogen-bond acceptors (Lipinski definition) is 4. The maximum Gasteiger partial charge on any atom is 0.242 e. The Balaban J connectivity index is 0.00000361. The summed E-state index contributed by atoms with van der Waals surface area (Å²) in [6.45, 7) is 3.26. The lowest BCUT2D eigenvalue weighted by molar-refractivity contribution is -0.117. The van der Waals surface area contributed by atoms with Crippen molar-refractivity contribution in [3.8, 4) is 0 Å². The zero-order valence-corrected chi connectivity index (χ0v) is 13.5. The summed E-state index contributed by atoms with van der Waals surface area (Å²) < 4.78 is 25.4. The van der Waals surface area contributed by atoms with Crippen molar-refractivity contribution in [2.45, 2.75) is 24.8 Å². The summed E-state index contributed by atoms with van der Waals surface area (Å²) >= 11 is 0. The van der Waals surface area contributed by atoms with Crippen molar-refractivity contribution in [2.24, 2.45) is 5.73 Å². The number of hydrogen-bond donors (Lipinski definition) is 2. The summed E-state index contributed by atoms with van der Waals surface area (Å²) in [5.74, 6) is -0.364. The van der Waals surface area contributed by atoms with Crippen LogP contribution >= 0.6 is 12.4 Å². The number of carbonyl (C=O) groups excluding carboxylic acids is 1. The summed E-state index contributed by atoms with van der Waals surface area (Å²) in [5, 5.41) is 2.57. The maximum atomic E-state index is 12.1. The second kappa shape index (κ2) is 7.03. The molecule has 0 aromatic heterocycles. The van der Waals surface area contributed by atoms with Crippen LogP contribution in [-0.2, 0) is 14.8 Å². The van der Waals surface area contributed by atoms with E-state index >= 15 is 0 Å². The average molecular weight is 322 g/mol. The molecule has 0 saturated heterocycles. The molecule has 0 unspecified atom stereocenters. The normalized spacial score (nSPS) is 12.7. The molecule has 20 heavy (non-hydrogen) atoms. The number of aryl methyl sites for hydroxylation is 1. The number of nitrogens with zero attached hydrogens (tertiary/aromatic N) is 1. The Kier molecular flexibility index (Phi) is 6.63. The third-order valence-electron chi connectivity index (χ3n) is 2.63. The van der Waals surface area contributed by atoms with Crippen molar-refractivity contribution in [2.75, 3.05) is 19.4 Å². The molecule has 1 atom stereocenters. The van der Waals surface area contributed by atoms with Gasteiger partial charge in [-0.1, -0.05) is 6.07 Å². The van der Waals surface area contributed by atoms with E-state index in [2.05, 4.69) is 5.32 Å². The van der Waals surface area contributed by atoms with Crippen molar-refractivity contribution < 1.29 is 13.2 Å². The van der Waals surface area contributed by atoms with Gasteiger partial charge in [-0.05, 0) is 31.5 Å². The van der Waals surface area contributed by atoms with E-state index in [1.165, 1.54) is 20.2 Å². The van der Waals surface area contributed by atoms with Gasteiger partial charge in [-0.15, -0.1) is 12.4 Å². The Morgan fingerprint density at radius 1 is 1.35 bits per heavy atom. The van der Waals surface area contributed by atoms with E-state index in [0.717, 1.165) is 4.31 Å². The molecule has 0 bridgehead atoms. The fraction of sp³-hybridized carbons (Fsp3) is 0.417. The van der Waals surface area contributed by atoms with Gasteiger partial charge in [0.1, 0.15) is 0 Å². The zero-order valence-electron chi connectivity index (χ0n) is 11.9. The lowest BCUT2D eigenvalue weighted by atomic mass is 10.2. The number of halogens is 1. The molecule has 0 aliphatic carbocycles. The van der Waals surface area contributed by atoms with Crippen LogP contribution in [0.3, 0.4) is 0 Å². The van der Waals surface area contributed by atoms with Gasteiger partial charge in [-0.25, -0.2) is 12.7 Å². The minimum absolute atomic E-state index is 0. The van der Waals surface area contributed by atoms with Crippen molar-refractivity contribution in [3.63, 3.8) is 0 Å². The van der Waals surface area contributed by atoms with Gasteiger partial charge in [-0.3, -0.25) is 4.79 Å². The number of anilines is 1. The fourth-order valence-corrected chi connectivity index (χ4v) is 2.55. The zero-order chi connectivity index (χ0) is 14.8. The molecule has 6 nitrogen and oxygen atoms in total. The molecule has 1 aromatic rings. The lowest BCUT2D eigenvalue weighted by Crippen LogP contribution is -2.32. The molecule has 0 saturated carbocycles. The molecular formula is C12H20ClN3O3S. The van der Waals surface area contributed by atoms with Crippen LogP contribution in [0.4, 0.5) is 5.69 Å². The Morgan fingerprint density at radius 2 is 1.90 bits per heavy atom. The largest absolute Gasteiger partial charge is 0.325 e. The Bertz CT molecular complexity index is 586. The van der Waals surface area contributed by atoms with E-state index in [1.807, 2.05) is 0 Å². The first-order valence-electron chi connectivity index (χ1n) is 5.76. The van der Waals surface area contributed by atoms with Gasteiger partial charge in [0.05, 0.1) is 10.9 Å². The van der Waals surface area contributed by atoms with Crippen molar-refractivity contribution in [3.05, 3.63) is 23.8 Å². The van der Waals surface area contributed by atoms with Gasteiger partial charge in [0, 0.05) is 19.8 Å². The summed E-state index contributed by atoms with van der Waals surface area (Å²) in [5.41, 5.74) is 6.48. The standard InChI is InChI=1S/C12H19N3O3S.ClH/c1-8-5-6-10(14-12(16)9(2)13)7-11(8)19(17,18)15(3)4;/h5-7,9H,13H2,1-4H3,(H,14,16);1H/t9-;/m1./s1. The molecule has 0 aliphatic rings. The van der Waals surface area contributed by atoms with E-state index in [4.69, 9.17) is 5.73 Å². The van der Waals surface area contributed by atoms with Gasteiger partial charge >= 0.3 is 0 Å². The fourth-order valence-electron chi connectivity index (χ4n) is 1.41.